The number of carbonyl (C=O) groups excluding carboxylic acids is 1. The normalized spacial score (nSPS) is 7.54. The Labute approximate surface area is 78.4 Å². The maximum Gasteiger partial charge on any atom is 0.132 e. The average molecular weight is 185 g/mol. The van der Waals surface area contributed by atoms with Crippen molar-refractivity contribution in [3.05, 3.63) is 30.6 Å². The number of nitrogens with zero attached hydrogens (tertiary/aromatic N) is 1. The van der Waals surface area contributed by atoms with E-state index >= 15 is 0 Å². The Balaban J connectivity index is 0. The molecule has 1 aromatic heterocycles. The van der Waals surface area contributed by atoms with E-state index in [4.69, 9.17) is 0 Å². The van der Waals surface area contributed by atoms with Crippen LogP contribution in [0, 0.1) is 0 Å². The third-order valence-corrected chi connectivity index (χ3v) is 1.36. The first-order valence-electron chi connectivity index (χ1n) is 4.18. The van der Waals surface area contributed by atoms with E-state index in [9.17, 15) is 4.79 Å². The summed E-state index contributed by atoms with van der Waals surface area (Å²) in [6, 6.07) is 5.72. The van der Waals surface area contributed by atoms with E-state index in [1.807, 2.05) is 32.0 Å². The summed E-state index contributed by atoms with van der Waals surface area (Å²) in [6.07, 6.45) is 4.88. The maximum atomic E-state index is 10.2. The fraction of sp³-hybridized carbons (Fsp3) is 0.400. The Hall–Kier alpha value is -1.25. The summed E-state index contributed by atoms with van der Waals surface area (Å²) >= 11 is 0. The minimum Gasteiger partial charge on any atom is -0.300 e. The van der Waals surface area contributed by atoms with Crippen molar-refractivity contribution in [2.45, 2.75) is 26.7 Å². The molecule has 0 unspecified atom stereocenters. The fourth-order valence-electron chi connectivity index (χ4n) is 0.563. The largest absolute Gasteiger partial charge is 0.300 e. The molecule has 3 heteroatoms. The lowest BCUT2D eigenvalue weighted by Crippen LogP contribution is -1.88. The highest BCUT2D eigenvalue weighted by molar-refractivity contribution is 5.77. The molecule has 0 aliphatic rings. The van der Waals surface area contributed by atoms with Gasteiger partial charge in [-0.3, -0.25) is 14.5 Å². The third kappa shape index (κ3) is 10.8. The summed E-state index contributed by atoms with van der Waals surface area (Å²) in [4.78, 5) is 14.0. The van der Waals surface area contributed by atoms with E-state index in [-0.39, 0.29) is 4.70 Å². The second-order valence-corrected chi connectivity index (χ2v) is 2.27. The summed E-state index contributed by atoms with van der Waals surface area (Å²) in [5.41, 5.74) is 0. The predicted octanol–water partition coefficient (Wildman–Crippen LogP) is 2.61. The molecular formula is C10H16FNO. The molecule has 74 valence electrons. The lowest BCUT2D eigenvalue weighted by Gasteiger charge is -1.81. The zero-order valence-corrected chi connectivity index (χ0v) is 8.06. The third-order valence-electron chi connectivity index (χ3n) is 1.36. The molecule has 0 aromatic carbocycles. The van der Waals surface area contributed by atoms with E-state index in [0.29, 0.717) is 18.6 Å². The summed E-state index contributed by atoms with van der Waals surface area (Å²) in [5.74, 6) is 0.343. The molecule has 1 aromatic rings. The molecule has 0 saturated heterocycles. The lowest BCUT2D eigenvalue weighted by atomic mass is 10.3. The van der Waals surface area contributed by atoms with Gasteiger partial charge in [0.1, 0.15) is 5.78 Å². The van der Waals surface area contributed by atoms with Gasteiger partial charge >= 0.3 is 0 Å². The van der Waals surface area contributed by atoms with Crippen LogP contribution in [0.5, 0.6) is 0 Å². The summed E-state index contributed by atoms with van der Waals surface area (Å²) in [6.45, 7) is 3.76. The summed E-state index contributed by atoms with van der Waals surface area (Å²) in [7, 11) is 0. The van der Waals surface area contributed by atoms with Crippen molar-refractivity contribution in [1.29, 1.82) is 0 Å². The van der Waals surface area contributed by atoms with Crippen LogP contribution < -0.4 is 0 Å². The first-order valence-corrected chi connectivity index (χ1v) is 4.18. The van der Waals surface area contributed by atoms with Crippen LogP contribution in [0.25, 0.3) is 0 Å². The summed E-state index contributed by atoms with van der Waals surface area (Å²) in [5, 5.41) is 0. The van der Waals surface area contributed by atoms with Crippen molar-refractivity contribution in [3.63, 3.8) is 0 Å². The number of halogens is 1. The number of ketones is 1. The van der Waals surface area contributed by atoms with Crippen LogP contribution in [0.3, 0.4) is 0 Å². The van der Waals surface area contributed by atoms with E-state index in [1.165, 1.54) is 0 Å². The smallest absolute Gasteiger partial charge is 0.132 e. The van der Waals surface area contributed by atoms with Crippen molar-refractivity contribution < 1.29 is 9.50 Å². The molecule has 0 fully saturated rings. The summed E-state index contributed by atoms with van der Waals surface area (Å²) < 4.78 is 0. The Kier molecular flexibility index (Phi) is 11.8. The highest BCUT2D eigenvalue weighted by Gasteiger charge is 1.86. The lowest BCUT2D eigenvalue weighted by molar-refractivity contribution is -0.118. The SMILES string of the molecule is CCC(=O)CC.F.c1ccncc1. The number of hydrogen-bond acceptors (Lipinski definition) is 2. The van der Waals surface area contributed by atoms with Crippen LogP contribution in [0.15, 0.2) is 30.6 Å². The number of carbonyl (C=O) groups is 1. The zero-order chi connectivity index (χ0) is 9.23. The molecule has 0 spiro atoms. The van der Waals surface area contributed by atoms with Crippen molar-refractivity contribution in [2.75, 3.05) is 0 Å². The van der Waals surface area contributed by atoms with Crippen LogP contribution in [0.2, 0.25) is 0 Å². The van der Waals surface area contributed by atoms with Crippen molar-refractivity contribution >= 4 is 5.78 Å². The molecule has 0 saturated carbocycles. The number of rotatable bonds is 2. The standard InChI is InChI=1S/C5H5N.C5H10O.FH/c1-2-4-6-5-3-1;1-3-5(6)4-2;/h1-5H;3-4H2,1-2H3;1H. The highest BCUT2D eigenvalue weighted by Crippen LogP contribution is 1.83. The molecule has 0 aliphatic heterocycles. The van der Waals surface area contributed by atoms with Gasteiger partial charge < -0.3 is 0 Å². The second-order valence-electron chi connectivity index (χ2n) is 2.27. The van der Waals surface area contributed by atoms with Crippen LogP contribution in [-0.4, -0.2) is 10.8 Å². The van der Waals surface area contributed by atoms with Crippen molar-refractivity contribution in [2.24, 2.45) is 0 Å². The molecule has 1 heterocycles. The van der Waals surface area contributed by atoms with Crippen LogP contribution >= 0.6 is 0 Å². The van der Waals surface area contributed by atoms with Gasteiger partial charge in [0, 0.05) is 25.2 Å². The molecule has 2 nitrogen and oxygen atoms in total. The number of aromatic nitrogens is 1. The number of Topliss-reactive ketones (excluding diaryl/α,β-unsaturated/α-hetero) is 1. The quantitative estimate of drug-likeness (QED) is 0.708. The average Bonchev–Trinajstić information content (AvgIpc) is 2.20. The van der Waals surface area contributed by atoms with Crippen LogP contribution in [-0.2, 0) is 4.79 Å². The van der Waals surface area contributed by atoms with Gasteiger partial charge in [0.25, 0.3) is 0 Å². The molecule has 1 rings (SSSR count). The topological polar surface area (TPSA) is 30.0 Å². The zero-order valence-electron chi connectivity index (χ0n) is 8.06. The molecule has 0 bridgehead atoms. The predicted molar refractivity (Wildman–Crippen MR) is 52.3 cm³/mol. The Bertz CT molecular complexity index is 169. The molecule has 13 heavy (non-hydrogen) atoms. The molecule has 0 N–H and O–H groups in total. The van der Waals surface area contributed by atoms with Gasteiger partial charge in [0.15, 0.2) is 0 Å². The van der Waals surface area contributed by atoms with Gasteiger partial charge in [-0.25, -0.2) is 0 Å². The number of hydrogen-bond donors (Lipinski definition) is 0. The van der Waals surface area contributed by atoms with Gasteiger partial charge in [0.05, 0.1) is 0 Å². The fourth-order valence-corrected chi connectivity index (χ4v) is 0.563. The molecule has 0 radical (unpaired) electrons. The van der Waals surface area contributed by atoms with Crippen LogP contribution in [0.4, 0.5) is 4.70 Å². The first kappa shape index (κ1) is 14.3. The Morgan fingerprint density at radius 2 is 1.54 bits per heavy atom. The van der Waals surface area contributed by atoms with Gasteiger partial charge in [-0.2, -0.15) is 0 Å². The highest BCUT2D eigenvalue weighted by atomic mass is 19.0. The van der Waals surface area contributed by atoms with E-state index in [1.54, 1.807) is 12.4 Å². The molecule has 0 amide bonds. The Morgan fingerprint density at radius 1 is 1.08 bits per heavy atom. The minimum atomic E-state index is 0. The number of pyridine rings is 1. The van der Waals surface area contributed by atoms with Gasteiger partial charge in [-0.15, -0.1) is 0 Å². The minimum absolute atomic E-state index is 0. The van der Waals surface area contributed by atoms with E-state index in [2.05, 4.69) is 4.98 Å². The monoisotopic (exact) mass is 185 g/mol. The molecular weight excluding hydrogens is 169 g/mol. The van der Waals surface area contributed by atoms with Crippen molar-refractivity contribution in [1.82, 2.24) is 4.98 Å². The van der Waals surface area contributed by atoms with E-state index < -0.39 is 0 Å². The molecule has 0 aliphatic carbocycles. The van der Waals surface area contributed by atoms with Gasteiger partial charge in [-0.1, -0.05) is 19.9 Å². The van der Waals surface area contributed by atoms with Gasteiger partial charge in [-0.05, 0) is 12.1 Å². The Morgan fingerprint density at radius 3 is 1.62 bits per heavy atom. The molecule has 0 atom stereocenters. The van der Waals surface area contributed by atoms with Crippen LogP contribution in [0.1, 0.15) is 26.7 Å². The second kappa shape index (κ2) is 10.8. The van der Waals surface area contributed by atoms with Crippen molar-refractivity contribution in [3.8, 4) is 0 Å². The maximum absolute atomic E-state index is 10.2. The van der Waals surface area contributed by atoms with E-state index in [0.717, 1.165) is 0 Å². The van der Waals surface area contributed by atoms with Gasteiger partial charge in [0.2, 0.25) is 0 Å². The first-order chi connectivity index (χ1) is 5.81.